The molecule has 4 aromatic rings. The Morgan fingerprint density at radius 2 is 1.58 bits per heavy atom. The zero-order chi connectivity index (χ0) is 42.6. The van der Waals surface area contributed by atoms with Crippen molar-refractivity contribution in [1.29, 1.82) is 0 Å². The molecule has 3 aliphatic rings. The Hall–Kier alpha value is -5.43. The molecule has 13 heteroatoms. The number of nitrogens with one attached hydrogen (secondary N) is 2. The second-order valence-electron chi connectivity index (χ2n) is 17.6. The number of aromatic nitrogens is 3. The van der Waals surface area contributed by atoms with E-state index in [1.165, 1.54) is 24.9 Å². The van der Waals surface area contributed by atoms with Crippen molar-refractivity contribution in [3.63, 3.8) is 0 Å². The highest BCUT2D eigenvalue weighted by Crippen LogP contribution is 2.40. The smallest absolute Gasteiger partial charge is 0.415 e. The van der Waals surface area contributed by atoms with Crippen LogP contribution in [-0.4, -0.2) is 89.4 Å². The predicted molar refractivity (Wildman–Crippen MR) is 240 cm³/mol. The second kappa shape index (κ2) is 18.5. The Morgan fingerprint density at radius 3 is 2.27 bits per heavy atom. The van der Waals surface area contributed by atoms with E-state index in [1.54, 1.807) is 4.90 Å². The number of nitrogens with zero attached hydrogens (tertiary/aromatic N) is 7. The molecule has 60 heavy (non-hydrogen) atoms. The number of piperazine rings is 1. The molecule has 3 unspecified atom stereocenters. The molecule has 1 fully saturated rings. The van der Waals surface area contributed by atoms with Crippen LogP contribution in [-0.2, 0) is 22.5 Å². The number of hydrogen-bond acceptors (Lipinski definition) is 11. The molecule has 0 radical (unpaired) electrons. The summed E-state index contributed by atoms with van der Waals surface area (Å²) in [7, 11) is 0. The van der Waals surface area contributed by atoms with E-state index < -0.39 is 11.7 Å². The number of pyridine rings is 1. The van der Waals surface area contributed by atoms with Crippen molar-refractivity contribution in [1.82, 2.24) is 19.9 Å². The van der Waals surface area contributed by atoms with E-state index in [0.29, 0.717) is 43.3 Å². The van der Waals surface area contributed by atoms with E-state index in [0.717, 1.165) is 84.5 Å². The van der Waals surface area contributed by atoms with Gasteiger partial charge in [0.05, 0.1) is 36.6 Å². The molecular weight excluding hydrogens is 755 g/mol. The highest BCUT2D eigenvalue weighted by atomic mass is 16.6. The summed E-state index contributed by atoms with van der Waals surface area (Å²) in [5.74, 6) is 1.30. The SMILES string of the molecule is CCC(C)CC(CC)N1CCN(c2ccc(NC(=O)C(C)c3ccc(Nc4ncc5c(n4)CN(c4cnc6c(c4C)N(C(=O)OC(C)(C)C)CCO6)CC5)cc3)cc2)CC1. The van der Waals surface area contributed by atoms with Gasteiger partial charge in [-0.1, -0.05) is 39.3 Å². The molecule has 0 spiro atoms. The maximum Gasteiger partial charge on any atom is 0.415 e. The summed E-state index contributed by atoms with van der Waals surface area (Å²) in [6.45, 7) is 22.7. The van der Waals surface area contributed by atoms with E-state index in [1.807, 2.05) is 83.4 Å². The molecule has 2 aromatic heterocycles. The highest BCUT2D eigenvalue weighted by Gasteiger charge is 2.33. The van der Waals surface area contributed by atoms with Crippen LogP contribution in [0.3, 0.4) is 0 Å². The van der Waals surface area contributed by atoms with Crippen molar-refractivity contribution in [2.45, 2.75) is 105 Å². The van der Waals surface area contributed by atoms with Crippen LogP contribution in [0.5, 0.6) is 5.88 Å². The minimum atomic E-state index is -0.621. The Balaban J connectivity index is 0.933. The largest absolute Gasteiger partial charge is 0.474 e. The molecule has 0 bridgehead atoms. The first-order valence-corrected chi connectivity index (χ1v) is 21.8. The summed E-state index contributed by atoms with van der Waals surface area (Å²) < 4.78 is 11.6. The van der Waals surface area contributed by atoms with Gasteiger partial charge in [0.2, 0.25) is 17.7 Å². The quantitative estimate of drug-likeness (QED) is 0.143. The third-order valence-corrected chi connectivity index (χ3v) is 12.2. The maximum atomic E-state index is 13.4. The number of benzene rings is 2. The van der Waals surface area contributed by atoms with Gasteiger partial charge in [-0.05, 0) is 107 Å². The zero-order valence-electron chi connectivity index (χ0n) is 36.8. The van der Waals surface area contributed by atoms with Crippen LogP contribution in [0.4, 0.5) is 39.2 Å². The van der Waals surface area contributed by atoms with Crippen molar-refractivity contribution < 1.29 is 19.1 Å². The van der Waals surface area contributed by atoms with Crippen molar-refractivity contribution >= 4 is 46.4 Å². The molecule has 0 saturated carbocycles. The van der Waals surface area contributed by atoms with Crippen LogP contribution < -0.4 is 30.1 Å². The summed E-state index contributed by atoms with van der Waals surface area (Å²) in [5, 5.41) is 6.47. The topological polar surface area (TPSA) is 128 Å². The normalized spacial score (nSPS) is 17.2. The van der Waals surface area contributed by atoms with Crippen LogP contribution in [0.15, 0.2) is 60.9 Å². The van der Waals surface area contributed by atoms with Crippen molar-refractivity contribution in [2.75, 3.05) is 71.2 Å². The molecule has 2 N–H and O–H groups in total. The number of fused-ring (bicyclic) bond motifs is 2. The van der Waals surface area contributed by atoms with Crippen molar-refractivity contribution in [3.8, 4) is 5.88 Å². The number of anilines is 6. The lowest BCUT2D eigenvalue weighted by molar-refractivity contribution is -0.117. The fourth-order valence-electron chi connectivity index (χ4n) is 8.41. The summed E-state index contributed by atoms with van der Waals surface area (Å²) in [5.41, 5.74) is 7.60. The van der Waals surface area contributed by atoms with E-state index in [-0.39, 0.29) is 11.8 Å². The first-order chi connectivity index (χ1) is 28.8. The standard InChI is InChI=1S/C47H63N9O4/c1-9-31(3)27-38(10-2)53-21-23-54(24-22-53)39-17-15-36(16-18-39)50-43(57)32(4)34-11-13-37(14-12-34)51-45-49-28-35-19-20-55(30-40(35)52-45)41-29-48-44-42(33(41)5)56(25-26-59-44)46(58)60-47(6,7)8/h11-18,28-29,31-32,38H,9-10,19-27,30H2,1-8H3,(H,50,57)(H,49,51,52). The van der Waals surface area contributed by atoms with Gasteiger partial charge in [0.1, 0.15) is 17.9 Å². The molecule has 7 rings (SSSR count). The summed E-state index contributed by atoms with van der Waals surface area (Å²) in [4.78, 5) is 49.7. The lowest BCUT2D eigenvalue weighted by Gasteiger charge is -2.40. The Kier molecular flexibility index (Phi) is 13.1. The van der Waals surface area contributed by atoms with E-state index in [2.05, 4.69) is 68.2 Å². The Labute approximate surface area is 355 Å². The van der Waals surface area contributed by atoms with Gasteiger partial charge in [-0.25, -0.2) is 19.7 Å². The second-order valence-corrected chi connectivity index (χ2v) is 17.6. The van der Waals surface area contributed by atoms with Crippen molar-refractivity contribution in [2.24, 2.45) is 5.92 Å². The van der Waals surface area contributed by atoms with Gasteiger partial charge in [0, 0.05) is 67.6 Å². The maximum absolute atomic E-state index is 13.4. The number of hydrogen-bond donors (Lipinski definition) is 2. The molecule has 2 amide bonds. The van der Waals surface area contributed by atoms with Crippen LogP contribution in [0.2, 0.25) is 0 Å². The molecule has 3 atom stereocenters. The third-order valence-electron chi connectivity index (χ3n) is 12.2. The summed E-state index contributed by atoms with van der Waals surface area (Å²) in [6, 6.07) is 16.8. The minimum absolute atomic E-state index is 0.0546. The van der Waals surface area contributed by atoms with Crippen LogP contribution in [0.1, 0.15) is 96.0 Å². The first-order valence-electron chi connectivity index (χ1n) is 21.8. The molecule has 2 aromatic carbocycles. The summed E-state index contributed by atoms with van der Waals surface area (Å²) >= 11 is 0. The van der Waals surface area contributed by atoms with Gasteiger partial charge >= 0.3 is 6.09 Å². The van der Waals surface area contributed by atoms with E-state index >= 15 is 0 Å². The molecule has 5 heterocycles. The monoisotopic (exact) mass is 818 g/mol. The first kappa shape index (κ1) is 42.7. The lowest BCUT2D eigenvalue weighted by Crippen LogP contribution is -2.50. The zero-order valence-corrected chi connectivity index (χ0v) is 36.8. The average Bonchev–Trinajstić information content (AvgIpc) is 3.25. The highest BCUT2D eigenvalue weighted by molar-refractivity contribution is 5.96. The van der Waals surface area contributed by atoms with Gasteiger partial charge in [0.25, 0.3) is 0 Å². The Morgan fingerprint density at radius 1 is 0.867 bits per heavy atom. The molecule has 0 aliphatic carbocycles. The molecular formula is C47H63N9O4. The number of carbonyl (C=O) groups excluding carboxylic acids is 2. The molecule has 13 nitrogen and oxygen atoms in total. The predicted octanol–water partition coefficient (Wildman–Crippen LogP) is 8.70. The fourth-order valence-corrected chi connectivity index (χ4v) is 8.41. The van der Waals surface area contributed by atoms with Gasteiger partial charge in [-0.15, -0.1) is 0 Å². The van der Waals surface area contributed by atoms with Gasteiger partial charge in [-0.3, -0.25) is 14.6 Å². The van der Waals surface area contributed by atoms with E-state index in [9.17, 15) is 9.59 Å². The number of carbonyl (C=O) groups is 2. The van der Waals surface area contributed by atoms with E-state index in [4.69, 9.17) is 14.5 Å². The van der Waals surface area contributed by atoms with Gasteiger partial charge in [-0.2, -0.15) is 0 Å². The van der Waals surface area contributed by atoms with Gasteiger partial charge in [0.15, 0.2) is 0 Å². The Bertz CT molecular complexity index is 2110. The third kappa shape index (κ3) is 9.94. The molecule has 1 saturated heterocycles. The van der Waals surface area contributed by atoms with Gasteiger partial charge < -0.3 is 29.9 Å². The fraction of sp³-hybridized carbons (Fsp3) is 0.511. The number of ether oxygens (including phenoxy) is 2. The van der Waals surface area contributed by atoms with Crippen LogP contribution in [0.25, 0.3) is 0 Å². The minimum Gasteiger partial charge on any atom is -0.474 e. The molecule has 320 valence electrons. The van der Waals surface area contributed by atoms with Crippen LogP contribution >= 0.6 is 0 Å². The van der Waals surface area contributed by atoms with Crippen LogP contribution in [0, 0.1) is 12.8 Å². The number of amides is 2. The average molecular weight is 818 g/mol. The summed E-state index contributed by atoms with van der Waals surface area (Å²) in [6.07, 6.45) is 7.79. The van der Waals surface area contributed by atoms with Crippen molar-refractivity contribution in [3.05, 3.63) is 83.3 Å². The lowest BCUT2D eigenvalue weighted by atomic mass is 9.96. The molecule has 3 aliphatic heterocycles. The number of rotatable bonds is 12.